The molecule has 3 aliphatic rings. The molecular formula is C15H24N2O2. The summed E-state index contributed by atoms with van der Waals surface area (Å²) < 4.78 is 0. The van der Waals surface area contributed by atoms with Crippen molar-refractivity contribution >= 4 is 11.8 Å². The van der Waals surface area contributed by atoms with Gasteiger partial charge >= 0.3 is 0 Å². The molecule has 3 fully saturated rings. The fourth-order valence-electron chi connectivity index (χ4n) is 3.77. The van der Waals surface area contributed by atoms with Crippen molar-refractivity contribution in [2.24, 2.45) is 5.41 Å². The van der Waals surface area contributed by atoms with E-state index in [0.29, 0.717) is 0 Å². The zero-order valence-electron chi connectivity index (χ0n) is 12.0. The monoisotopic (exact) mass is 264 g/mol. The highest BCUT2D eigenvalue weighted by Gasteiger charge is 2.47. The van der Waals surface area contributed by atoms with Gasteiger partial charge < -0.3 is 9.80 Å². The molecular weight excluding hydrogens is 240 g/mol. The molecule has 0 bridgehead atoms. The molecule has 2 unspecified atom stereocenters. The Hall–Kier alpha value is -1.06. The van der Waals surface area contributed by atoms with E-state index < -0.39 is 0 Å². The van der Waals surface area contributed by atoms with Gasteiger partial charge in [0.1, 0.15) is 12.1 Å². The quantitative estimate of drug-likeness (QED) is 0.763. The van der Waals surface area contributed by atoms with E-state index >= 15 is 0 Å². The number of piperidine rings is 1. The van der Waals surface area contributed by atoms with Crippen LogP contribution < -0.4 is 0 Å². The fourth-order valence-corrected chi connectivity index (χ4v) is 3.77. The summed E-state index contributed by atoms with van der Waals surface area (Å²) in [5, 5.41) is 0. The van der Waals surface area contributed by atoms with Gasteiger partial charge in [0, 0.05) is 13.1 Å². The van der Waals surface area contributed by atoms with Crippen LogP contribution in [0.2, 0.25) is 0 Å². The summed E-state index contributed by atoms with van der Waals surface area (Å²) in [7, 11) is 0. The predicted octanol–water partition coefficient (Wildman–Crippen LogP) is 1.79. The van der Waals surface area contributed by atoms with E-state index in [-0.39, 0.29) is 29.3 Å². The summed E-state index contributed by atoms with van der Waals surface area (Å²) in [6.07, 6.45) is 6.60. The van der Waals surface area contributed by atoms with Gasteiger partial charge in [-0.05, 0) is 44.4 Å². The molecule has 0 aromatic rings. The average Bonchev–Trinajstić information content (AvgIpc) is 2.39. The van der Waals surface area contributed by atoms with Crippen molar-refractivity contribution in [2.75, 3.05) is 13.1 Å². The normalized spacial score (nSPS) is 34.0. The van der Waals surface area contributed by atoms with Crippen LogP contribution in [0.25, 0.3) is 0 Å². The molecule has 1 aliphatic carbocycles. The second kappa shape index (κ2) is 4.50. The van der Waals surface area contributed by atoms with Crippen LogP contribution in [-0.4, -0.2) is 46.8 Å². The molecule has 4 heteroatoms. The number of nitrogens with zero attached hydrogens (tertiary/aromatic N) is 2. The number of carbonyl (C=O) groups excluding carboxylic acids is 2. The molecule has 2 saturated heterocycles. The molecule has 4 nitrogen and oxygen atoms in total. The number of rotatable bonds is 2. The van der Waals surface area contributed by atoms with Crippen LogP contribution in [0.15, 0.2) is 0 Å². The summed E-state index contributed by atoms with van der Waals surface area (Å²) in [6.45, 7) is 5.68. The minimum Gasteiger partial charge on any atom is -0.329 e. The lowest BCUT2D eigenvalue weighted by Crippen LogP contribution is -2.66. The topological polar surface area (TPSA) is 40.6 Å². The molecule has 0 aromatic carbocycles. The zero-order valence-corrected chi connectivity index (χ0v) is 12.0. The Labute approximate surface area is 115 Å². The van der Waals surface area contributed by atoms with Gasteiger partial charge in [-0.3, -0.25) is 9.59 Å². The van der Waals surface area contributed by atoms with Crippen molar-refractivity contribution in [1.82, 2.24) is 9.80 Å². The Balaban J connectivity index is 1.79. The SMILES string of the molecule is CC1C(=O)N2CCCCC2C(=O)N1CC1(C)CCC1. The molecule has 0 aromatic heterocycles. The molecule has 2 heterocycles. The second-order valence-electron chi connectivity index (χ2n) is 6.85. The third-order valence-electron chi connectivity index (χ3n) is 5.29. The zero-order chi connectivity index (χ0) is 13.6. The molecule has 0 N–H and O–H groups in total. The highest BCUT2D eigenvalue weighted by molar-refractivity contribution is 5.97. The minimum atomic E-state index is -0.265. The standard InChI is InChI=1S/C15H24N2O2/c1-11-13(18)16-9-4-3-6-12(16)14(19)17(11)10-15(2)7-5-8-15/h11-12H,3-10H2,1-2H3. The Kier molecular flexibility index (Phi) is 3.06. The molecule has 0 spiro atoms. The Morgan fingerprint density at radius 3 is 2.53 bits per heavy atom. The molecule has 0 radical (unpaired) electrons. The van der Waals surface area contributed by atoms with E-state index in [4.69, 9.17) is 0 Å². The Morgan fingerprint density at radius 1 is 1.16 bits per heavy atom. The molecule has 3 rings (SSSR count). The first-order valence-corrected chi connectivity index (χ1v) is 7.63. The number of amides is 2. The van der Waals surface area contributed by atoms with Crippen LogP contribution in [0, 0.1) is 5.41 Å². The fraction of sp³-hybridized carbons (Fsp3) is 0.867. The lowest BCUT2D eigenvalue weighted by Gasteiger charge is -2.50. The van der Waals surface area contributed by atoms with Gasteiger partial charge in [0.25, 0.3) is 0 Å². The van der Waals surface area contributed by atoms with Crippen molar-refractivity contribution in [2.45, 2.75) is 64.5 Å². The Bertz CT molecular complexity index is 403. The van der Waals surface area contributed by atoms with Gasteiger partial charge in [-0.1, -0.05) is 13.3 Å². The summed E-state index contributed by atoms with van der Waals surface area (Å²) >= 11 is 0. The molecule has 2 atom stereocenters. The maximum absolute atomic E-state index is 12.7. The van der Waals surface area contributed by atoms with E-state index in [1.54, 1.807) is 0 Å². The second-order valence-corrected chi connectivity index (χ2v) is 6.85. The van der Waals surface area contributed by atoms with E-state index in [0.717, 1.165) is 32.4 Å². The van der Waals surface area contributed by atoms with E-state index in [1.807, 2.05) is 16.7 Å². The molecule has 2 aliphatic heterocycles. The van der Waals surface area contributed by atoms with Crippen LogP contribution in [0.1, 0.15) is 52.4 Å². The molecule has 19 heavy (non-hydrogen) atoms. The third-order valence-corrected chi connectivity index (χ3v) is 5.29. The van der Waals surface area contributed by atoms with Crippen LogP contribution >= 0.6 is 0 Å². The lowest BCUT2D eigenvalue weighted by molar-refractivity contribution is -0.165. The van der Waals surface area contributed by atoms with Gasteiger partial charge in [0.05, 0.1) is 0 Å². The van der Waals surface area contributed by atoms with Gasteiger partial charge in [-0.25, -0.2) is 0 Å². The minimum absolute atomic E-state index is 0.159. The third kappa shape index (κ3) is 2.05. The molecule has 106 valence electrons. The number of piperazine rings is 1. The van der Waals surface area contributed by atoms with Crippen molar-refractivity contribution in [3.8, 4) is 0 Å². The highest BCUT2D eigenvalue weighted by atomic mass is 16.2. The van der Waals surface area contributed by atoms with Gasteiger partial charge in [-0.2, -0.15) is 0 Å². The maximum Gasteiger partial charge on any atom is 0.246 e. The van der Waals surface area contributed by atoms with Gasteiger partial charge in [0.2, 0.25) is 11.8 Å². The highest BCUT2D eigenvalue weighted by Crippen LogP contribution is 2.42. The van der Waals surface area contributed by atoms with Crippen LogP contribution in [-0.2, 0) is 9.59 Å². The van der Waals surface area contributed by atoms with Crippen LogP contribution in [0.4, 0.5) is 0 Å². The van der Waals surface area contributed by atoms with Crippen molar-refractivity contribution < 1.29 is 9.59 Å². The number of fused-ring (bicyclic) bond motifs is 1. The first kappa shape index (κ1) is 12.9. The summed E-state index contributed by atoms with van der Waals surface area (Å²) in [5.41, 5.74) is 0.251. The van der Waals surface area contributed by atoms with Crippen molar-refractivity contribution in [3.63, 3.8) is 0 Å². The van der Waals surface area contributed by atoms with Crippen molar-refractivity contribution in [1.29, 1.82) is 0 Å². The number of hydrogen-bond donors (Lipinski definition) is 0. The lowest BCUT2D eigenvalue weighted by atomic mass is 9.70. The number of hydrogen-bond acceptors (Lipinski definition) is 2. The van der Waals surface area contributed by atoms with Crippen molar-refractivity contribution in [3.05, 3.63) is 0 Å². The van der Waals surface area contributed by atoms with Crippen LogP contribution in [0.5, 0.6) is 0 Å². The maximum atomic E-state index is 12.7. The smallest absolute Gasteiger partial charge is 0.246 e. The first-order valence-electron chi connectivity index (χ1n) is 7.63. The van der Waals surface area contributed by atoms with E-state index in [9.17, 15) is 9.59 Å². The van der Waals surface area contributed by atoms with Gasteiger partial charge in [0.15, 0.2) is 0 Å². The summed E-state index contributed by atoms with van der Waals surface area (Å²) in [6, 6.07) is -0.430. The average molecular weight is 264 g/mol. The van der Waals surface area contributed by atoms with E-state index in [1.165, 1.54) is 19.3 Å². The predicted molar refractivity (Wildman–Crippen MR) is 72.5 cm³/mol. The first-order chi connectivity index (χ1) is 9.02. The summed E-state index contributed by atoms with van der Waals surface area (Å²) in [5.74, 6) is 0.354. The number of carbonyl (C=O) groups is 2. The molecule has 1 saturated carbocycles. The Morgan fingerprint density at radius 2 is 1.89 bits per heavy atom. The van der Waals surface area contributed by atoms with Crippen LogP contribution in [0.3, 0.4) is 0 Å². The summed E-state index contributed by atoms with van der Waals surface area (Å²) in [4.78, 5) is 28.8. The van der Waals surface area contributed by atoms with E-state index in [2.05, 4.69) is 6.92 Å². The largest absolute Gasteiger partial charge is 0.329 e. The molecule has 2 amide bonds. The van der Waals surface area contributed by atoms with Gasteiger partial charge in [-0.15, -0.1) is 0 Å².